The predicted molar refractivity (Wildman–Crippen MR) is 161 cm³/mol. The number of nitrogens with one attached hydrogen (secondary N) is 1. The molecule has 7 nitrogen and oxygen atoms in total. The van der Waals surface area contributed by atoms with E-state index in [0.717, 1.165) is 79.7 Å². The number of Topliss-reactive ketones (excluding diaryl/α,β-unsaturated/α-hetero) is 1. The van der Waals surface area contributed by atoms with Gasteiger partial charge < -0.3 is 34.4 Å². The SMILES string of the molecule is [CH2-]C(C)(C)CC(=O)CC.[CH2-]C(C)(C)CN1CCN(c2ccc3nc(N)c4[nH]c(CCCC)nc4c3c2)CC1.[U+2]. The maximum Gasteiger partial charge on any atom is 2.00 e. The summed E-state index contributed by atoms with van der Waals surface area (Å²) in [6, 6.07) is 6.47. The van der Waals surface area contributed by atoms with Crippen molar-refractivity contribution in [3.8, 4) is 0 Å². The number of imidazole rings is 1. The van der Waals surface area contributed by atoms with Crippen LogP contribution < -0.4 is 10.6 Å². The van der Waals surface area contributed by atoms with Crippen molar-refractivity contribution in [3.05, 3.63) is 37.9 Å². The summed E-state index contributed by atoms with van der Waals surface area (Å²) in [7, 11) is 0. The Kier molecular flexibility index (Phi) is 12.3. The van der Waals surface area contributed by atoms with Crippen molar-refractivity contribution in [2.75, 3.05) is 43.4 Å². The average molecular weight is 759 g/mol. The number of hydrogen-bond donors (Lipinski definition) is 2. The topological polar surface area (TPSA) is 91.1 Å². The molecule has 1 saturated heterocycles. The van der Waals surface area contributed by atoms with Crippen LogP contribution in [-0.2, 0) is 11.2 Å². The first kappa shape index (κ1) is 33.6. The third kappa shape index (κ3) is 10.1. The first-order valence-electron chi connectivity index (χ1n) is 14.1. The molecule has 0 unspecified atom stereocenters. The van der Waals surface area contributed by atoms with Crippen molar-refractivity contribution >= 4 is 39.2 Å². The number of hydrogen-bond acceptors (Lipinski definition) is 6. The number of nitrogen functional groups attached to an aromatic ring is 1. The Hall–Kier alpha value is -1.62. The standard InChI is InChI=1S/C23H33N6.C8H15O.U/c1-5-6-7-19-26-20-17-14-16(8-9-18(17)25-22(24)21(20)27-19)29-12-10-28(11-13-29)15-23(2,3)4;1-5-7(9)6-8(2,3)4;/h8-9,14H,2,5-7,10-13,15H2,1,3-4H3,(H2,24,25)(H,26,27);2,5-6H2,1,3-4H3;/q2*-1;+2. The van der Waals surface area contributed by atoms with Crippen LogP contribution in [0.3, 0.4) is 0 Å². The smallest absolute Gasteiger partial charge is 0.382 e. The van der Waals surface area contributed by atoms with E-state index in [4.69, 9.17) is 10.7 Å². The zero-order valence-corrected chi connectivity index (χ0v) is 29.2. The van der Waals surface area contributed by atoms with Gasteiger partial charge in [0.15, 0.2) is 0 Å². The molecule has 0 atom stereocenters. The van der Waals surface area contributed by atoms with Crippen molar-refractivity contribution in [2.45, 2.75) is 73.6 Å². The van der Waals surface area contributed by atoms with E-state index in [1.165, 1.54) is 5.69 Å². The number of piperazine rings is 1. The molecule has 0 spiro atoms. The van der Waals surface area contributed by atoms with E-state index in [2.05, 4.69) is 72.6 Å². The van der Waals surface area contributed by atoms with Gasteiger partial charge in [-0.2, -0.15) is 10.8 Å². The van der Waals surface area contributed by atoms with Gasteiger partial charge in [0.2, 0.25) is 0 Å². The number of aromatic nitrogens is 3. The number of ketones is 1. The van der Waals surface area contributed by atoms with Gasteiger partial charge in [0.05, 0.1) is 5.52 Å². The van der Waals surface area contributed by atoms with Crippen LogP contribution in [0.15, 0.2) is 18.2 Å². The number of carbonyl (C=O) groups is 1. The van der Waals surface area contributed by atoms with Gasteiger partial charge >= 0.3 is 31.1 Å². The van der Waals surface area contributed by atoms with Crippen LogP contribution in [0.2, 0.25) is 0 Å². The maximum absolute atomic E-state index is 10.8. The molecule has 2 aromatic heterocycles. The first-order valence-corrected chi connectivity index (χ1v) is 14.1. The van der Waals surface area contributed by atoms with Crippen LogP contribution in [0.5, 0.6) is 0 Å². The molecule has 212 valence electrons. The van der Waals surface area contributed by atoms with Gasteiger partial charge in [0.25, 0.3) is 0 Å². The number of pyridine rings is 1. The summed E-state index contributed by atoms with van der Waals surface area (Å²) < 4.78 is 0. The zero-order chi connectivity index (χ0) is 28.1. The molecule has 4 rings (SSSR count). The number of nitrogens with zero attached hydrogens (tertiary/aromatic N) is 4. The Bertz CT molecular complexity index is 1220. The average Bonchev–Trinajstić information content (AvgIpc) is 3.27. The molecule has 0 aliphatic carbocycles. The molecule has 0 amide bonds. The van der Waals surface area contributed by atoms with Crippen LogP contribution in [-0.4, -0.2) is 58.4 Å². The summed E-state index contributed by atoms with van der Waals surface area (Å²) >= 11 is 0. The van der Waals surface area contributed by atoms with E-state index in [9.17, 15) is 4.79 Å². The number of rotatable bonds is 9. The van der Waals surface area contributed by atoms with Gasteiger partial charge in [-0.15, -0.1) is 0 Å². The Morgan fingerprint density at radius 3 is 2.26 bits per heavy atom. The minimum absolute atomic E-state index is 0. The van der Waals surface area contributed by atoms with Gasteiger partial charge in [0, 0.05) is 50.1 Å². The molecule has 3 N–H and O–H groups in total. The number of aryl methyl sites for hydroxylation is 1. The first-order chi connectivity index (χ1) is 17.8. The minimum atomic E-state index is -0.0763. The van der Waals surface area contributed by atoms with E-state index in [1.807, 2.05) is 20.8 Å². The van der Waals surface area contributed by atoms with Crippen molar-refractivity contribution < 1.29 is 35.9 Å². The van der Waals surface area contributed by atoms with Gasteiger partial charge in [-0.05, 0) is 37.6 Å². The monoisotopic (exact) mass is 758 g/mol. The summed E-state index contributed by atoms with van der Waals surface area (Å²) in [5.41, 5.74) is 10.2. The zero-order valence-electron chi connectivity index (χ0n) is 25.0. The quantitative estimate of drug-likeness (QED) is 0.252. The summed E-state index contributed by atoms with van der Waals surface area (Å²) in [5, 5.41) is 1.08. The molecule has 1 aliphatic rings. The minimum Gasteiger partial charge on any atom is -0.382 e. The Balaban J connectivity index is 0.000000462. The Morgan fingerprint density at radius 1 is 1.05 bits per heavy atom. The Morgan fingerprint density at radius 2 is 1.72 bits per heavy atom. The number of benzene rings is 1. The largest absolute Gasteiger partial charge is 2.00 e. The molecule has 1 aromatic carbocycles. The summed E-state index contributed by atoms with van der Waals surface area (Å²) in [6.45, 7) is 25.7. The van der Waals surface area contributed by atoms with E-state index >= 15 is 0 Å². The molecular weight excluding hydrogens is 710 g/mol. The van der Waals surface area contributed by atoms with Crippen molar-refractivity contribution in [3.63, 3.8) is 0 Å². The van der Waals surface area contributed by atoms with Gasteiger partial charge in [0.1, 0.15) is 28.5 Å². The molecule has 1 aliphatic heterocycles. The number of nitrogens with two attached hydrogens (primary N) is 1. The molecule has 3 heterocycles. The second-order valence-corrected chi connectivity index (χ2v) is 12.4. The van der Waals surface area contributed by atoms with E-state index < -0.39 is 0 Å². The molecule has 39 heavy (non-hydrogen) atoms. The number of unbranched alkanes of at least 4 members (excludes halogenated alkanes) is 1. The number of anilines is 2. The number of carbonyl (C=O) groups excluding carboxylic acids is 1. The summed E-state index contributed by atoms with van der Waals surface area (Å²) in [6.07, 6.45) is 4.44. The van der Waals surface area contributed by atoms with Crippen LogP contribution in [0.25, 0.3) is 21.9 Å². The fourth-order valence-electron chi connectivity index (χ4n) is 4.89. The number of fused-ring (bicyclic) bond motifs is 3. The third-order valence-electron chi connectivity index (χ3n) is 6.71. The second-order valence-electron chi connectivity index (χ2n) is 12.4. The Labute approximate surface area is 259 Å². The van der Waals surface area contributed by atoms with E-state index in [-0.39, 0.29) is 41.9 Å². The van der Waals surface area contributed by atoms with Crippen LogP contribution in [0, 0.1) is 55.8 Å². The second kappa shape index (κ2) is 14.3. The fraction of sp³-hybridized carbons (Fsp3) is 0.581. The molecule has 0 radical (unpaired) electrons. The molecule has 0 saturated carbocycles. The third-order valence-corrected chi connectivity index (χ3v) is 6.71. The fourth-order valence-corrected chi connectivity index (χ4v) is 4.89. The van der Waals surface area contributed by atoms with Crippen LogP contribution in [0.1, 0.15) is 73.1 Å². The summed E-state index contributed by atoms with van der Waals surface area (Å²) in [5.74, 6) is 1.83. The van der Waals surface area contributed by atoms with Gasteiger partial charge in [-0.3, -0.25) is 4.79 Å². The van der Waals surface area contributed by atoms with Crippen LogP contribution >= 0.6 is 0 Å². The van der Waals surface area contributed by atoms with E-state index in [1.54, 1.807) is 0 Å². The van der Waals surface area contributed by atoms with Crippen molar-refractivity contribution in [1.29, 1.82) is 0 Å². The summed E-state index contributed by atoms with van der Waals surface area (Å²) in [4.78, 5) is 28.6. The maximum atomic E-state index is 10.8. The molecular formula is C31H48N6OU. The predicted octanol–water partition coefficient (Wildman–Crippen LogP) is 6.23. The molecule has 0 bridgehead atoms. The van der Waals surface area contributed by atoms with Crippen LogP contribution in [0.4, 0.5) is 11.5 Å². The molecule has 1 fully saturated rings. The molecule has 3 aromatic rings. The van der Waals surface area contributed by atoms with Crippen molar-refractivity contribution in [1.82, 2.24) is 19.9 Å². The van der Waals surface area contributed by atoms with Gasteiger partial charge in [-0.1, -0.05) is 48.0 Å². The number of H-pyrrole nitrogens is 1. The van der Waals surface area contributed by atoms with E-state index in [0.29, 0.717) is 24.4 Å². The van der Waals surface area contributed by atoms with Gasteiger partial charge in [-0.25, -0.2) is 9.97 Å². The molecule has 8 heteroatoms. The number of aromatic amines is 1. The normalized spacial score (nSPS) is 14.7. The van der Waals surface area contributed by atoms with Crippen molar-refractivity contribution in [2.24, 2.45) is 10.8 Å².